The molecule has 0 aliphatic carbocycles. The first-order chi connectivity index (χ1) is 12.1. The lowest BCUT2D eigenvalue weighted by Crippen LogP contribution is -2.33. The fraction of sp³-hybridized carbons (Fsp3) is 0. The van der Waals surface area contributed by atoms with Gasteiger partial charge in [0.2, 0.25) is 5.88 Å². The molecule has 0 saturated carbocycles. The smallest absolute Gasteiger partial charge is 0.293 e. The van der Waals surface area contributed by atoms with E-state index < -0.39 is 5.91 Å². The predicted molar refractivity (Wildman–Crippen MR) is 98.2 cm³/mol. The number of ether oxygens (including phenoxy) is 1. The molecule has 1 amide bonds. The Balaban J connectivity index is 1.58. The molecule has 0 unspecified atom stereocenters. The lowest BCUT2D eigenvalue weighted by atomic mass is 10.3. The summed E-state index contributed by atoms with van der Waals surface area (Å²) in [5.41, 5.74) is 0.684. The normalized spacial score (nSPS) is 10.1. The van der Waals surface area contributed by atoms with Crippen LogP contribution in [0.2, 0.25) is 5.02 Å². The number of aromatic nitrogens is 1. The zero-order chi connectivity index (χ0) is 17.6. The highest BCUT2D eigenvalue weighted by atomic mass is 35.5. The average Bonchev–Trinajstić information content (AvgIpc) is 3.13. The monoisotopic (exact) mass is 373 g/mol. The number of hydrogen-bond donors (Lipinski definition) is 2. The minimum absolute atomic E-state index is 0.155. The highest BCUT2D eigenvalue weighted by Crippen LogP contribution is 2.27. The minimum atomic E-state index is -0.424. The third kappa shape index (κ3) is 4.56. The summed E-state index contributed by atoms with van der Waals surface area (Å²) in [6.07, 6.45) is 3.01. The van der Waals surface area contributed by atoms with Gasteiger partial charge >= 0.3 is 0 Å². The van der Waals surface area contributed by atoms with Crippen molar-refractivity contribution < 1.29 is 13.9 Å². The number of thiocarbonyl (C=S) groups is 1. The van der Waals surface area contributed by atoms with E-state index in [2.05, 4.69) is 15.6 Å². The summed E-state index contributed by atoms with van der Waals surface area (Å²) >= 11 is 11.1. The number of pyridine rings is 1. The largest absolute Gasteiger partial charge is 0.459 e. The molecule has 0 fully saturated rings. The molecule has 25 heavy (non-hydrogen) atoms. The summed E-state index contributed by atoms with van der Waals surface area (Å²) in [6, 6.07) is 13.5. The minimum Gasteiger partial charge on any atom is -0.459 e. The molecular weight excluding hydrogens is 362 g/mol. The highest BCUT2D eigenvalue weighted by molar-refractivity contribution is 7.80. The van der Waals surface area contributed by atoms with E-state index in [1.165, 1.54) is 6.26 Å². The molecule has 0 saturated heterocycles. The molecule has 0 radical (unpaired) electrons. The van der Waals surface area contributed by atoms with E-state index in [9.17, 15) is 4.79 Å². The molecule has 3 rings (SSSR count). The Bertz CT molecular complexity index is 882. The first-order valence-corrected chi connectivity index (χ1v) is 7.95. The van der Waals surface area contributed by atoms with Crippen LogP contribution in [0.25, 0.3) is 0 Å². The summed E-state index contributed by atoms with van der Waals surface area (Å²) in [5, 5.41) is 6.00. The fourth-order valence-electron chi connectivity index (χ4n) is 1.90. The molecule has 3 aromatic rings. The predicted octanol–water partition coefficient (Wildman–Crippen LogP) is 4.25. The van der Waals surface area contributed by atoms with Gasteiger partial charge in [-0.05, 0) is 60.7 Å². The number of rotatable bonds is 4. The third-order valence-corrected chi connectivity index (χ3v) is 3.52. The van der Waals surface area contributed by atoms with Crippen LogP contribution in [0.15, 0.2) is 65.4 Å². The van der Waals surface area contributed by atoms with Crippen molar-refractivity contribution >= 4 is 40.5 Å². The second kappa shape index (κ2) is 7.78. The molecule has 0 bridgehead atoms. The topological polar surface area (TPSA) is 76.4 Å². The van der Waals surface area contributed by atoms with Gasteiger partial charge in [0.1, 0.15) is 10.8 Å². The second-order valence-corrected chi connectivity index (χ2v) is 5.62. The number of nitrogens with one attached hydrogen (secondary N) is 2. The lowest BCUT2D eigenvalue weighted by molar-refractivity contribution is 0.0950. The van der Waals surface area contributed by atoms with Gasteiger partial charge in [-0.1, -0.05) is 11.6 Å². The van der Waals surface area contributed by atoms with Gasteiger partial charge in [-0.25, -0.2) is 4.98 Å². The maximum atomic E-state index is 11.8. The molecular formula is C17H12ClN3O3S. The van der Waals surface area contributed by atoms with Gasteiger partial charge in [-0.2, -0.15) is 0 Å². The third-order valence-electron chi connectivity index (χ3n) is 3.02. The molecule has 0 aliphatic rings. The fourth-order valence-corrected chi connectivity index (χ4v) is 2.27. The molecule has 0 spiro atoms. The van der Waals surface area contributed by atoms with Crippen LogP contribution in [0.3, 0.4) is 0 Å². The van der Waals surface area contributed by atoms with Crippen LogP contribution in [-0.4, -0.2) is 16.0 Å². The maximum Gasteiger partial charge on any atom is 0.293 e. The van der Waals surface area contributed by atoms with Crippen LogP contribution >= 0.6 is 23.8 Å². The number of nitrogens with zero attached hydrogens (tertiary/aromatic N) is 1. The van der Waals surface area contributed by atoms with E-state index in [4.69, 9.17) is 33.0 Å². The van der Waals surface area contributed by atoms with Crippen molar-refractivity contribution in [3.63, 3.8) is 0 Å². The number of furan rings is 1. The molecule has 2 heterocycles. The quantitative estimate of drug-likeness (QED) is 0.666. The van der Waals surface area contributed by atoms with Crippen LogP contribution in [-0.2, 0) is 0 Å². The summed E-state index contributed by atoms with van der Waals surface area (Å²) in [6.45, 7) is 0. The van der Waals surface area contributed by atoms with Crippen LogP contribution in [0.1, 0.15) is 10.6 Å². The van der Waals surface area contributed by atoms with E-state index in [1.807, 2.05) is 0 Å². The van der Waals surface area contributed by atoms with Gasteiger partial charge in [0.15, 0.2) is 10.9 Å². The number of amides is 1. The maximum absolute atomic E-state index is 11.8. The summed E-state index contributed by atoms with van der Waals surface area (Å²) in [7, 11) is 0. The van der Waals surface area contributed by atoms with Crippen LogP contribution in [0.5, 0.6) is 11.6 Å². The number of carbonyl (C=O) groups excluding carboxylic acids is 1. The zero-order valence-corrected chi connectivity index (χ0v) is 14.3. The van der Waals surface area contributed by atoms with Gasteiger partial charge in [0.25, 0.3) is 5.91 Å². The van der Waals surface area contributed by atoms with Gasteiger partial charge in [0, 0.05) is 11.9 Å². The van der Waals surface area contributed by atoms with Gasteiger partial charge < -0.3 is 14.5 Å². The first-order valence-electron chi connectivity index (χ1n) is 7.16. The van der Waals surface area contributed by atoms with E-state index in [-0.39, 0.29) is 10.9 Å². The van der Waals surface area contributed by atoms with E-state index in [1.54, 1.807) is 54.7 Å². The number of hydrogen-bond acceptors (Lipinski definition) is 5. The average molecular weight is 374 g/mol. The lowest BCUT2D eigenvalue weighted by Gasteiger charge is -2.10. The van der Waals surface area contributed by atoms with E-state index >= 15 is 0 Å². The van der Waals surface area contributed by atoms with Crippen LogP contribution < -0.4 is 15.4 Å². The van der Waals surface area contributed by atoms with E-state index in [0.29, 0.717) is 22.3 Å². The molecule has 8 heteroatoms. The van der Waals surface area contributed by atoms with Gasteiger partial charge in [-0.15, -0.1) is 0 Å². The van der Waals surface area contributed by atoms with Crippen molar-refractivity contribution in [1.29, 1.82) is 0 Å². The van der Waals surface area contributed by atoms with Crippen molar-refractivity contribution in [2.24, 2.45) is 0 Å². The van der Waals surface area contributed by atoms with Crippen molar-refractivity contribution in [2.75, 3.05) is 5.32 Å². The summed E-state index contributed by atoms with van der Waals surface area (Å²) in [5.74, 6) is 0.648. The Morgan fingerprint density at radius 2 is 1.96 bits per heavy atom. The molecule has 0 aliphatic heterocycles. The number of anilines is 1. The standard InChI is InChI=1S/C17H12ClN3O3S/c18-13-3-1-9-19-16(13)24-12-7-5-11(6-8-12)20-17(25)21-15(22)14-4-2-10-23-14/h1-10H,(H2,20,21,22,25). The number of carbonyl (C=O) groups is 1. The SMILES string of the molecule is O=C(NC(=S)Nc1ccc(Oc2ncccc2Cl)cc1)c1ccco1. The Morgan fingerprint density at radius 3 is 2.64 bits per heavy atom. The molecule has 2 N–H and O–H groups in total. The Kier molecular flexibility index (Phi) is 5.27. The van der Waals surface area contributed by atoms with Gasteiger partial charge in [0.05, 0.1) is 6.26 Å². The summed E-state index contributed by atoms with van der Waals surface area (Å²) < 4.78 is 10.6. The molecule has 6 nitrogen and oxygen atoms in total. The zero-order valence-electron chi connectivity index (χ0n) is 12.7. The first kappa shape index (κ1) is 16.9. The van der Waals surface area contributed by atoms with Gasteiger partial charge in [-0.3, -0.25) is 10.1 Å². The summed E-state index contributed by atoms with van der Waals surface area (Å²) in [4.78, 5) is 15.9. The number of benzene rings is 1. The number of halogens is 1. The molecule has 0 atom stereocenters. The molecule has 1 aromatic carbocycles. The van der Waals surface area contributed by atoms with Crippen molar-refractivity contribution in [3.05, 3.63) is 71.8 Å². The Morgan fingerprint density at radius 1 is 1.16 bits per heavy atom. The van der Waals surface area contributed by atoms with Crippen molar-refractivity contribution in [3.8, 4) is 11.6 Å². The van der Waals surface area contributed by atoms with Crippen molar-refractivity contribution in [2.45, 2.75) is 0 Å². The van der Waals surface area contributed by atoms with Crippen molar-refractivity contribution in [1.82, 2.24) is 10.3 Å². The molecule has 2 aromatic heterocycles. The highest BCUT2D eigenvalue weighted by Gasteiger charge is 2.10. The van der Waals surface area contributed by atoms with E-state index in [0.717, 1.165) is 0 Å². The van der Waals surface area contributed by atoms with Crippen LogP contribution in [0, 0.1) is 0 Å². The Hall–Kier alpha value is -2.90. The van der Waals surface area contributed by atoms with Crippen LogP contribution in [0.4, 0.5) is 5.69 Å². The Labute approximate surface area is 153 Å². The second-order valence-electron chi connectivity index (χ2n) is 4.80. The molecule has 126 valence electrons.